The maximum atomic E-state index is 5.38. The number of hydrogen-bond donors (Lipinski definition) is 0. The quantitative estimate of drug-likeness (QED) is 0.441. The first-order valence-electron chi connectivity index (χ1n) is 3.20. The van der Waals surface area contributed by atoms with E-state index < -0.39 is 0 Å². The van der Waals surface area contributed by atoms with Gasteiger partial charge in [0.1, 0.15) is 0 Å². The van der Waals surface area contributed by atoms with E-state index >= 15 is 0 Å². The fourth-order valence-electron chi connectivity index (χ4n) is 1.32. The van der Waals surface area contributed by atoms with E-state index in [4.69, 9.17) is 4.74 Å². The predicted molar refractivity (Wildman–Crippen MR) is 30.8 cm³/mol. The van der Waals surface area contributed by atoms with Crippen LogP contribution in [0, 0.1) is 0 Å². The standard InChI is InChI=1S/C6H11NO/c1-7-2-3-8-6-4-5(6)7/h5-6H,2-4H2,1H3/t5-,6?/m0/s1. The van der Waals surface area contributed by atoms with Gasteiger partial charge in [-0.3, -0.25) is 4.90 Å². The van der Waals surface area contributed by atoms with E-state index in [1.807, 2.05) is 0 Å². The van der Waals surface area contributed by atoms with Gasteiger partial charge in [0, 0.05) is 12.6 Å². The predicted octanol–water partition coefficient (Wildman–Crippen LogP) is 0.0893. The first-order valence-corrected chi connectivity index (χ1v) is 3.20. The fraction of sp³-hybridized carbons (Fsp3) is 1.00. The molecule has 0 radical (unpaired) electrons. The van der Waals surface area contributed by atoms with Crippen molar-refractivity contribution in [2.24, 2.45) is 0 Å². The molecule has 0 aromatic carbocycles. The summed E-state index contributed by atoms with van der Waals surface area (Å²) < 4.78 is 5.38. The molecule has 0 amide bonds. The minimum Gasteiger partial charge on any atom is -0.375 e. The fourth-order valence-corrected chi connectivity index (χ4v) is 1.32. The van der Waals surface area contributed by atoms with Crippen LogP contribution < -0.4 is 0 Å². The molecular weight excluding hydrogens is 102 g/mol. The van der Waals surface area contributed by atoms with Gasteiger partial charge in [0.25, 0.3) is 0 Å². The molecule has 0 aromatic rings. The van der Waals surface area contributed by atoms with Gasteiger partial charge in [-0.05, 0) is 13.5 Å². The van der Waals surface area contributed by atoms with Gasteiger partial charge in [-0.2, -0.15) is 0 Å². The molecule has 2 heteroatoms. The second-order valence-electron chi connectivity index (χ2n) is 2.69. The Morgan fingerprint density at radius 1 is 1.62 bits per heavy atom. The van der Waals surface area contributed by atoms with Gasteiger partial charge >= 0.3 is 0 Å². The van der Waals surface area contributed by atoms with E-state index in [0.29, 0.717) is 6.10 Å². The Morgan fingerprint density at radius 3 is 3.12 bits per heavy atom. The van der Waals surface area contributed by atoms with Crippen LogP contribution in [-0.2, 0) is 4.74 Å². The average molecular weight is 113 g/mol. The normalized spacial score (nSPS) is 46.1. The highest BCUT2D eigenvalue weighted by atomic mass is 16.5. The van der Waals surface area contributed by atoms with E-state index in [-0.39, 0.29) is 0 Å². The molecule has 1 aliphatic carbocycles. The topological polar surface area (TPSA) is 12.5 Å². The molecule has 0 aromatic heterocycles. The smallest absolute Gasteiger partial charge is 0.0747 e. The van der Waals surface area contributed by atoms with E-state index in [9.17, 15) is 0 Å². The van der Waals surface area contributed by atoms with Crippen molar-refractivity contribution in [2.45, 2.75) is 18.6 Å². The maximum Gasteiger partial charge on any atom is 0.0747 e. The minimum absolute atomic E-state index is 0.605. The van der Waals surface area contributed by atoms with Gasteiger partial charge in [-0.25, -0.2) is 0 Å². The summed E-state index contributed by atoms with van der Waals surface area (Å²) >= 11 is 0. The van der Waals surface area contributed by atoms with Gasteiger partial charge < -0.3 is 4.74 Å². The lowest BCUT2D eigenvalue weighted by atomic mass is 10.5. The molecule has 0 N–H and O–H groups in total. The van der Waals surface area contributed by atoms with Crippen LogP contribution in [-0.4, -0.2) is 37.2 Å². The number of rotatable bonds is 0. The molecule has 2 nitrogen and oxygen atoms in total. The second-order valence-corrected chi connectivity index (χ2v) is 2.69. The van der Waals surface area contributed by atoms with Crippen LogP contribution in [0.5, 0.6) is 0 Å². The molecule has 46 valence electrons. The third-order valence-electron chi connectivity index (χ3n) is 2.04. The molecule has 1 unspecified atom stereocenters. The van der Waals surface area contributed by atoms with Crippen molar-refractivity contribution in [2.75, 3.05) is 20.2 Å². The number of ether oxygens (including phenoxy) is 1. The summed E-state index contributed by atoms with van der Waals surface area (Å²) in [6, 6.07) is 0.781. The zero-order valence-corrected chi connectivity index (χ0v) is 5.13. The van der Waals surface area contributed by atoms with Gasteiger partial charge in [0.15, 0.2) is 0 Å². The third kappa shape index (κ3) is 0.565. The maximum absolute atomic E-state index is 5.38. The lowest BCUT2D eigenvalue weighted by Gasteiger charge is -2.20. The highest BCUT2D eigenvalue weighted by molar-refractivity contribution is 4.97. The van der Waals surface area contributed by atoms with Crippen molar-refractivity contribution >= 4 is 0 Å². The summed E-state index contributed by atoms with van der Waals surface area (Å²) in [5, 5.41) is 0. The summed E-state index contributed by atoms with van der Waals surface area (Å²) in [4.78, 5) is 2.38. The molecule has 1 saturated carbocycles. The summed E-state index contributed by atoms with van der Waals surface area (Å²) in [6.07, 6.45) is 1.88. The van der Waals surface area contributed by atoms with Crippen LogP contribution in [0.15, 0.2) is 0 Å². The zero-order valence-electron chi connectivity index (χ0n) is 5.13. The first-order chi connectivity index (χ1) is 3.88. The zero-order chi connectivity index (χ0) is 5.56. The molecule has 1 saturated heterocycles. The Bertz CT molecular complexity index is 105. The van der Waals surface area contributed by atoms with Crippen molar-refractivity contribution in [3.63, 3.8) is 0 Å². The average Bonchev–Trinajstić information content (AvgIpc) is 2.45. The number of nitrogens with zero attached hydrogens (tertiary/aromatic N) is 1. The molecule has 0 spiro atoms. The molecule has 2 rings (SSSR count). The Labute approximate surface area is 49.4 Å². The van der Waals surface area contributed by atoms with Crippen molar-refractivity contribution < 1.29 is 4.74 Å². The molecule has 2 aliphatic rings. The van der Waals surface area contributed by atoms with Crippen molar-refractivity contribution in [1.29, 1.82) is 0 Å². The Hall–Kier alpha value is -0.0800. The van der Waals surface area contributed by atoms with Crippen molar-refractivity contribution in [3.05, 3.63) is 0 Å². The number of likely N-dealkylation sites (N-methyl/N-ethyl adjacent to an activating group) is 1. The van der Waals surface area contributed by atoms with Gasteiger partial charge in [0.05, 0.1) is 12.7 Å². The number of morpholine rings is 1. The summed E-state index contributed by atoms with van der Waals surface area (Å²) in [6.45, 7) is 2.07. The van der Waals surface area contributed by atoms with E-state index in [0.717, 1.165) is 19.2 Å². The monoisotopic (exact) mass is 113 g/mol. The Morgan fingerprint density at radius 2 is 2.50 bits per heavy atom. The van der Waals surface area contributed by atoms with Crippen molar-refractivity contribution in [3.8, 4) is 0 Å². The van der Waals surface area contributed by atoms with Crippen LogP contribution in [0.4, 0.5) is 0 Å². The van der Waals surface area contributed by atoms with Crippen LogP contribution in [0.3, 0.4) is 0 Å². The highest BCUT2D eigenvalue weighted by Gasteiger charge is 2.43. The molecular formula is C6H11NO. The van der Waals surface area contributed by atoms with Crippen LogP contribution in [0.1, 0.15) is 6.42 Å². The molecule has 2 atom stereocenters. The summed E-state index contributed by atoms with van der Waals surface area (Å²) in [5.41, 5.74) is 0. The summed E-state index contributed by atoms with van der Waals surface area (Å²) in [7, 11) is 2.17. The minimum atomic E-state index is 0.605. The molecule has 1 heterocycles. The Kier molecular flexibility index (Phi) is 0.866. The van der Waals surface area contributed by atoms with E-state index in [1.165, 1.54) is 6.42 Å². The summed E-state index contributed by atoms with van der Waals surface area (Å²) in [5.74, 6) is 0. The first kappa shape index (κ1) is 4.77. The third-order valence-corrected chi connectivity index (χ3v) is 2.04. The second kappa shape index (κ2) is 1.45. The lowest BCUT2D eigenvalue weighted by Crippen LogP contribution is -2.32. The van der Waals surface area contributed by atoms with Crippen LogP contribution >= 0.6 is 0 Å². The molecule has 0 bridgehead atoms. The molecule has 2 fully saturated rings. The van der Waals surface area contributed by atoms with E-state index in [2.05, 4.69) is 11.9 Å². The number of fused-ring (bicyclic) bond motifs is 1. The van der Waals surface area contributed by atoms with Gasteiger partial charge in [-0.1, -0.05) is 0 Å². The highest BCUT2D eigenvalue weighted by Crippen LogP contribution is 2.32. The van der Waals surface area contributed by atoms with Crippen LogP contribution in [0.2, 0.25) is 0 Å². The molecule has 8 heavy (non-hydrogen) atoms. The van der Waals surface area contributed by atoms with Crippen LogP contribution in [0.25, 0.3) is 0 Å². The SMILES string of the molecule is CN1CCOC2C[C@@H]21. The lowest BCUT2D eigenvalue weighted by molar-refractivity contribution is 0.0424. The molecule has 1 aliphatic heterocycles. The van der Waals surface area contributed by atoms with Gasteiger partial charge in [0.2, 0.25) is 0 Å². The number of hydrogen-bond acceptors (Lipinski definition) is 2. The Balaban J connectivity index is 1.99. The van der Waals surface area contributed by atoms with Gasteiger partial charge in [-0.15, -0.1) is 0 Å². The van der Waals surface area contributed by atoms with Crippen molar-refractivity contribution in [1.82, 2.24) is 4.90 Å². The van der Waals surface area contributed by atoms with E-state index in [1.54, 1.807) is 0 Å². The largest absolute Gasteiger partial charge is 0.375 e.